The second-order valence-corrected chi connectivity index (χ2v) is 5.47. The number of hydrogen-bond acceptors (Lipinski definition) is 2. The van der Waals surface area contributed by atoms with E-state index in [0.717, 1.165) is 12.5 Å². The SMILES string of the molecule is c1ccc(C2CN(CC3CC3)CCCN2)cc1. The van der Waals surface area contributed by atoms with Crippen LogP contribution in [0.15, 0.2) is 30.3 Å². The first kappa shape index (κ1) is 11.2. The fourth-order valence-electron chi connectivity index (χ4n) is 2.73. The first-order chi connectivity index (χ1) is 8.42. The molecule has 0 spiro atoms. The largest absolute Gasteiger partial charge is 0.309 e. The molecule has 1 aliphatic heterocycles. The van der Waals surface area contributed by atoms with Crippen LogP contribution >= 0.6 is 0 Å². The highest BCUT2D eigenvalue weighted by Crippen LogP contribution is 2.30. The predicted molar refractivity (Wildman–Crippen MR) is 71.0 cm³/mol. The van der Waals surface area contributed by atoms with Gasteiger partial charge in [-0.3, -0.25) is 0 Å². The molecule has 0 bridgehead atoms. The second kappa shape index (κ2) is 5.19. The quantitative estimate of drug-likeness (QED) is 0.858. The molecule has 2 fully saturated rings. The third kappa shape index (κ3) is 3.08. The third-order valence-corrected chi connectivity index (χ3v) is 3.90. The summed E-state index contributed by atoms with van der Waals surface area (Å²) in [6, 6.07) is 11.4. The molecular formula is C15H22N2. The van der Waals surface area contributed by atoms with Gasteiger partial charge in [-0.05, 0) is 43.8 Å². The zero-order valence-electron chi connectivity index (χ0n) is 10.4. The van der Waals surface area contributed by atoms with Crippen LogP contribution in [0.5, 0.6) is 0 Å². The summed E-state index contributed by atoms with van der Waals surface area (Å²) < 4.78 is 0. The molecule has 0 amide bonds. The minimum Gasteiger partial charge on any atom is -0.309 e. The first-order valence-corrected chi connectivity index (χ1v) is 6.92. The van der Waals surface area contributed by atoms with Crippen LogP contribution in [0.25, 0.3) is 0 Å². The Labute approximate surface area is 104 Å². The van der Waals surface area contributed by atoms with Gasteiger partial charge in [0.2, 0.25) is 0 Å². The summed E-state index contributed by atoms with van der Waals surface area (Å²) in [5, 5.41) is 3.68. The first-order valence-electron chi connectivity index (χ1n) is 6.92. The third-order valence-electron chi connectivity index (χ3n) is 3.90. The Morgan fingerprint density at radius 1 is 1.18 bits per heavy atom. The van der Waals surface area contributed by atoms with Gasteiger partial charge in [0.15, 0.2) is 0 Å². The molecule has 1 N–H and O–H groups in total. The smallest absolute Gasteiger partial charge is 0.0449 e. The summed E-state index contributed by atoms with van der Waals surface area (Å²) in [5.41, 5.74) is 1.44. The van der Waals surface area contributed by atoms with Crippen LogP contribution in [0, 0.1) is 5.92 Å². The van der Waals surface area contributed by atoms with Crippen molar-refractivity contribution in [1.29, 1.82) is 0 Å². The molecule has 2 aliphatic rings. The lowest BCUT2D eigenvalue weighted by molar-refractivity contribution is 0.258. The number of nitrogens with one attached hydrogen (secondary N) is 1. The van der Waals surface area contributed by atoms with Crippen molar-refractivity contribution in [3.63, 3.8) is 0 Å². The summed E-state index contributed by atoms with van der Waals surface area (Å²) in [6.07, 6.45) is 4.20. The lowest BCUT2D eigenvalue weighted by atomic mass is 10.1. The van der Waals surface area contributed by atoms with Gasteiger partial charge < -0.3 is 10.2 Å². The van der Waals surface area contributed by atoms with Crippen LogP contribution in [0.3, 0.4) is 0 Å². The number of nitrogens with zero attached hydrogens (tertiary/aromatic N) is 1. The highest BCUT2D eigenvalue weighted by molar-refractivity contribution is 5.19. The van der Waals surface area contributed by atoms with Crippen LogP contribution in [0.2, 0.25) is 0 Å². The number of hydrogen-bond donors (Lipinski definition) is 1. The predicted octanol–water partition coefficient (Wildman–Crippen LogP) is 2.43. The molecule has 1 saturated carbocycles. The molecule has 0 aromatic heterocycles. The normalized spacial score (nSPS) is 26.7. The van der Waals surface area contributed by atoms with Gasteiger partial charge in [-0.15, -0.1) is 0 Å². The van der Waals surface area contributed by atoms with Gasteiger partial charge in [-0.25, -0.2) is 0 Å². The lowest BCUT2D eigenvalue weighted by Gasteiger charge is -2.24. The van der Waals surface area contributed by atoms with Gasteiger partial charge >= 0.3 is 0 Å². The van der Waals surface area contributed by atoms with E-state index in [9.17, 15) is 0 Å². The zero-order chi connectivity index (χ0) is 11.5. The maximum absolute atomic E-state index is 3.68. The average Bonchev–Trinajstić information content (AvgIpc) is 3.18. The fourth-order valence-corrected chi connectivity index (χ4v) is 2.73. The van der Waals surface area contributed by atoms with E-state index < -0.39 is 0 Å². The van der Waals surface area contributed by atoms with Crippen molar-refractivity contribution in [1.82, 2.24) is 10.2 Å². The van der Waals surface area contributed by atoms with E-state index in [1.54, 1.807) is 0 Å². The zero-order valence-corrected chi connectivity index (χ0v) is 10.4. The summed E-state index contributed by atoms with van der Waals surface area (Å²) in [7, 11) is 0. The molecule has 3 rings (SSSR count). The Bertz CT molecular complexity index is 345. The molecule has 1 aromatic carbocycles. The van der Waals surface area contributed by atoms with Gasteiger partial charge in [0, 0.05) is 19.1 Å². The summed E-state index contributed by atoms with van der Waals surface area (Å²) in [6.45, 7) is 4.93. The van der Waals surface area contributed by atoms with Crippen LogP contribution in [0.4, 0.5) is 0 Å². The minimum atomic E-state index is 0.525. The van der Waals surface area contributed by atoms with Crippen molar-refractivity contribution in [2.75, 3.05) is 26.2 Å². The van der Waals surface area contributed by atoms with Crippen LogP contribution in [-0.2, 0) is 0 Å². The van der Waals surface area contributed by atoms with E-state index in [1.165, 1.54) is 44.5 Å². The molecule has 92 valence electrons. The standard InChI is InChI=1S/C15H22N2/c1-2-5-14(6-3-1)15-12-17(10-4-9-16-15)11-13-7-8-13/h1-3,5-6,13,15-16H,4,7-12H2. The minimum absolute atomic E-state index is 0.525. The molecule has 1 heterocycles. The van der Waals surface area contributed by atoms with E-state index in [-0.39, 0.29) is 0 Å². The van der Waals surface area contributed by atoms with E-state index in [2.05, 4.69) is 40.5 Å². The molecular weight excluding hydrogens is 208 g/mol. The molecule has 1 saturated heterocycles. The lowest BCUT2D eigenvalue weighted by Crippen LogP contribution is -2.32. The average molecular weight is 230 g/mol. The van der Waals surface area contributed by atoms with Crippen LogP contribution in [-0.4, -0.2) is 31.1 Å². The van der Waals surface area contributed by atoms with E-state index in [1.807, 2.05) is 0 Å². The van der Waals surface area contributed by atoms with Gasteiger partial charge in [0.1, 0.15) is 0 Å². The maximum Gasteiger partial charge on any atom is 0.0449 e. The molecule has 0 radical (unpaired) electrons. The Morgan fingerprint density at radius 2 is 2.00 bits per heavy atom. The van der Waals surface area contributed by atoms with E-state index in [4.69, 9.17) is 0 Å². The highest BCUT2D eigenvalue weighted by Gasteiger charge is 2.26. The molecule has 1 aliphatic carbocycles. The van der Waals surface area contributed by atoms with Crippen LogP contribution < -0.4 is 5.32 Å². The molecule has 1 atom stereocenters. The topological polar surface area (TPSA) is 15.3 Å². The fraction of sp³-hybridized carbons (Fsp3) is 0.600. The highest BCUT2D eigenvalue weighted by atomic mass is 15.2. The van der Waals surface area contributed by atoms with Gasteiger partial charge in [0.25, 0.3) is 0 Å². The second-order valence-electron chi connectivity index (χ2n) is 5.47. The summed E-state index contributed by atoms with van der Waals surface area (Å²) in [5.74, 6) is 1.00. The van der Waals surface area contributed by atoms with Crippen molar-refractivity contribution in [2.24, 2.45) is 5.92 Å². The van der Waals surface area contributed by atoms with Crippen molar-refractivity contribution in [2.45, 2.75) is 25.3 Å². The van der Waals surface area contributed by atoms with E-state index in [0.29, 0.717) is 6.04 Å². The van der Waals surface area contributed by atoms with Crippen LogP contribution in [0.1, 0.15) is 30.9 Å². The molecule has 1 unspecified atom stereocenters. The van der Waals surface area contributed by atoms with Gasteiger partial charge in [-0.2, -0.15) is 0 Å². The number of rotatable bonds is 3. The Hall–Kier alpha value is -0.860. The van der Waals surface area contributed by atoms with Crippen molar-refractivity contribution in [3.8, 4) is 0 Å². The maximum atomic E-state index is 3.68. The molecule has 2 nitrogen and oxygen atoms in total. The van der Waals surface area contributed by atoms with Crippen molar-refractivity contribution < 1.29 is 0 Å². The molecule has 2 heteroatoms. The molecule has 1 aromatic rings. The molecule has 17 heavy (non-hydrogen) atoms. The monoisotopic (exact) mass is 230 g/mol. The van der Waals surface area contributed by atoms with Crippen molar-refractivity contribution in [3.05, 3.63) is 35.9 Å². The summed E-state index contributed by atoms with van der Waals surface area (Å²) in [4.78, 5) is 2.66. The van der Waals surface area contributed by atoms with Crippen molar-refractivity contribution >= 4 is 0 Å². The Balaban J connectivity index is 1.66. The summed E-state index contributed by atoms with van der Waals surface area (Å²) >= 11 is 0. The van der Waals surface area contributed by atoms with E-state index >= 15 is 0 Å². The Kier molecular flexibility index (Phi) is 3.44. The number of benzene rings is 1. The van der Waals surface area contributed by atoms with Gasteiger partial charge in [0.05, 0.1) is 0 Å². The van der Waals surface area contributed by atoms with Gasteiger partial charge in [-0.1, -0.05) is 30.3 Å². The Morgan fingerprint density at radius 3 is 2.76 bits per heavy atom.